The largest absolute Gasteiger partial charge is 0.286 e. The van der Waals surface area contributed by atoms with Gasteiger partial charge in [-0.05, 0) is 6.07 Å². The van der Waals surface area contributed by atoms with Gasteiger partial charge in [-0.2, -0.15) is 0 Å². The molecule has 0 aliphatic heterocycles. The van der Waals surface area contributed by atoms with Crippen molar-refractivity contribution in [3.63, 3.8) is 0 Å². The number of para-hydroxylation sites is 1. The van der Waals surface area contributed by atoms with E-state index >= 15 is 0 Å². The molecule has 0 unspecified atom stereocenters. The number of nitro groups is 1. The van der Waals surface area contributed by atoms with Crippen molar-refractivity contribution in [3.8, 4) is 11.7 Å². The second-order valence-electron chi connectivity index (χ2n) is 2.11. The van der Waals surface area contributed by atoms with Gasteiger partial charge >= 0.3 is 0 Å². The van der Waals surface area contributed by atoms with Crippen LogP contribution in [0, 0.1) is 21.8 Å². The molecule has 4 nitrogen and oxygen atoms in total. The number of nitro benzene ring substituents is 1. The molecule has 1 rings (SSSR count). The molecule has 0 spiro atoms. The van der Waals surface area contributed by atoms with Crippen molar-refractivity contribution < 1.29 is 9.13 Å². The number of hydrogen-bond donors (Lipinski definition) is 0. The van der Waals surface area contributed by atoms with Crippen LogP contribution in [0.15, 0.2) is 29.2 Å². The highest BCUT2D eigenvalue weighted by Gasteiger charge is 2.15. The molecule has 0 bridgehead atoms. The van der Waals surface area contributed by atoms with Crippen LogP contribution in [0.3, 0.4) is 0 Å². The second-order valence-corrected chi connectivity index (χ2v) is 3.32. The van der Waals surface area contributed by atoms with Gasteiger partial charge in [0.2, 0.25) is 0 Å². The Kier molecular flexibility index (Phi) is 2.77. The SMILES string of the molecule is C#C[S@@](=O)c1ccccc1[N+](=O)[O-]. The highest BCUT2D eigenvalue weighted by Crippen LogP contribution is 2.20. The van der Waals surface area contributed by atoms with Crippen LogP contribution in [0.4, 0.5) is 5.69 Å². The smallest absolute Gasteiger partial charge is 0.258 e. The van der Waals surface area contributed by atoms with Gasteiger partial charge in [0, 0.05) is 11.3 Å². The van der Waals surface area contributed by atoms with Gasteiger partial charge in [-0.15, -0.1) is 6.42 Å². The third-order valence-electron chi connectivity index (χ3n) is 1.37. The lowest BCUT2D eigenvalue weighted by atomic mass is 10.3. The molecule has 0 aliphatic carbocycles. The Balaban J connectivity index is 3.29. The van der Waals surface area contributed by atoms with Gasteiger partial charge in [-0.3, -0.25) is 10.1 Å². The van der Waals surface area contributed by atoms with E-state index in [1.54, 1.807) is 6.07 Å². The molecule has 0 radical (unpaired) electrons. The number of benzene rings is 1. The molecule has 0 N–H and O–H groups in total. The predicted octanol–water partition coefficient (Wildman–Crippen LogP) is 1.29. The summed E-state index contributed by atoms with van der Waals surface area (Å²) >= 11 is 0. The molecule has 0 fully saturated rings. The van der Waals surface area contributed by atoms with Crippen LogP contribution in [0.25, 0.3) is 0 Å². The van der Waals surface area contributed by atoms with Gasteiger partial charge in [0.15, 0.2) is 0 Å². The van der Waals surface area contributed by atoms with Crippen molar-refractivity contribution in [1.82, 2.24) is 0 Å². The molecule has 1 atom stereocenters. The zero-order chi connectivity index (χ0) is 9.84. The van der Waals surface area contributed by atoms with Crippen molar-refractivity contribution in [2.75, 3.05) is 0 Å². The molecule has 5 heteroatoms. The van der Waals surface area contributed by atoms with Crippen molar-refractivity contribution in [1.29, 1.82) is 0 Å². The standard InChI is InChI=1S/C8H5NO3S/c1-2-13(12)8-6-4-3-5-7(8)9(10)11/h1,3-6H/t13-/m1/s1. The summed E-state index contributed by atoms with van der Waals surface area (Å²) in [6, 6.07) is 5.70. The number of hydrogen-bond acceptors (Lipinski definition) is 3. The lowest BCUT2D eigenvalue weighted by molar-refractivity contribution is -0.387. The molecule has 0 aromatic heterocycles. The van der Waals surface area contributed by atoms with Crippen LogP contribution in [-0.2, 0) is 10.8 Å². The first-order valence-electron chi connectivity index (χ1n) is 3.28. The quantitative estimate of drug-likeness (QED) is 0.406. The van der Waals surface area contributed by atoms with Crippen LogP contribution in [-0.4, -0.2) is 9.13 Å². The van der Waals surface area contributed by atoms with E-state index in [9.17, 15) is 14.3 Å². The Morgan fingerprint density at radius 1 is 1.46 bits per heavy atom. The molecule has 66 valence electrons. The molecular formula is C8H5NO3S. The minimum Gasteiger partial charge on any atom is -0.258 e. The summed E-state index contributed by atoms with van der Waals surface area (Å²) in [6.07, 6.45) is 4.90. The van der Waals surface area contributed by atoms with E-state index in [2.05, 4.69) is 0 Å². The van der Waals surface area contributed by atoms with E-state index in [1.165, 1.54) is 18.2 Å². The summed E-state index contributed by atoms with van der Waals surface area (Å²) in [5.41, 5.74) is -0.209. The van der Waals surface area contributed by atoms with Gasteiger partial charge in [-0.25, -0.2) is 4.21 Å². The van der Waals surface area contributed by atoms with Crippen LogP contribution in [0.1, 0.15) is 0 Å². The van der Waals surface area contributed by atoms with E-state index in [0.29, 0.717) is 0 Å². The van der Waals surface area contributed by atoms with Crippen LogP contribution in [0.5, 0.6) is 0 Å². The highest BCUT2D eigenvalue weighted by atomic mass is 32.2. The average molecular weight is 195 g/mol. The predicted molar refractivity (Wildman–Crippen MR) is 48.3 cm³/mol. The molecule has 13 heavy (non-hydrogen) atoms. The summed E-state index contributed by atoms with van der Waals surface area (Å²) in [4.78, 5) is 9.90. The van der Waals surface area contributed by atoms with Crippen LogP contribution >= 0.6 is 0 Å². The summed E-state index contributed by atoms with van der Waals surface area (Å²) in [5, 5.41) is 12.4. The molecular weight excluding hydrogens is 190 g/mol. The Labute approximate surface area is 77.2 Å². The van der Waals surface area contributed by atoms with Crippen LogP contribution in [0.2, 0.25) is 0 Å². The first kappa shape index (κ1) is 9.42. The normalized spacial score (nSPS) is 11.6. The molecule has 0 aliphatic rings. The molecule has 0 amide bonds. The summed E-state index contributed by atoms with van der Waals surface area (Å²) in [5.74, 6) is 0. The van der Waals surface area contributed by atoms with E-state index < -0.39 is 15.7 Å². The Hall–Kier alpha value is -1.67. The molecule has 0 heterocycles. The maximum atomic E-state index is 11.1. The third-order valence-corrected chi connectivity index (χ3v) is 2.33. The fourth-order valence-electron chi connectivity index (χ4n) is 0.828. The lowest BCUT2D eigenvalue weighted by Crippen LogP contribution is -1.95. The van der Waals surface area contributed by atoms with Crippen molar-refractivity contribution in [3.05, 3.63) is 34.4 Å². The van der Waals surface area contributed by atoms with Gasteiger partial charge in [0.05, 0.1) is 4.92 Å². The van der Waals surface area contributed by atoms with E-state index in [4.69, 9.17) is 6.42 Å². The number of terminal acetylenes is 1. The Morgan fingerprint density at radius 2 is 2.08 bits per heavy atom. The molecule has 0 saturated heterocycles. The maximum absolute atomic E-state index is 11.1. The van der Waals surface area contributed by atoms with Gasteiger partial charge in [-0.1, -0.05) is 12.1 Å². The number of nitrogens with zero attached hydrogens (tertiary/aromatic N) is 1. The average Bonchev–Trinajstić information content (AvgIpc) is 2.16. The van der Waals surface area contributed by atoms with Gasteiger partial charge < -0.3 is 0 Å². The van der Waals surface area contributed by atoms with E-state index in [-0.39, 0.29) is 10.6 Å². The summed E-state index contributed by atoms with van der Waals surface area (Å²) < 4.78 is 11.1. The second kappa shape index (κ2) is 3.83. The lowest BCUT2D eigenvalue weighted by Gasteiger charge is -1.95. The zero-order valence-corrected chi connectivity index (χ0v) is 7.28. The van der Waals surface area contributed by atoms with Gasteiger partial charge in [0.25, 0.3) is 5.69 Å². The topological polar surface area (TPSA) is 60.2 Å². The Bertz CT molecular complexity index is 408. The third kappa shape index (κ3) is 1.92. The monoisotopic (exact) mass is 195 g/mol. The summed E-state index contributed by atoms with van der Waals surface area (Å²) in [6.45, 7) is 0. The number of rotatable bonds is 2. The molecule has 1 aromatic rings. The van der Waals surface area contributed by atoms with E-state index in [1.807, 2.05) is 5.25 Å². The maximum Gasteiger partial charge on any atom is 0.286 e. The Morgan fingerprint density at radius 3 is 2.62 bits per heavy atom. The van der Waals surface area contributed by atoms with Crippen molar-refractivity contribution in [2.45, 2.75) is 4.90 Å². The fourth-order valence-corrected chi connectivity index (χ4v) is 1.49. The minimum absolute atomic E-state index is 0.0648. The first-order valence-corrected chi connectivity index (χ1v) is 4.43. The minimum atomic E-state index is -1.74. The molecule has 1 aromatic carbocycles. The first-order chi connectivity index (χ1) is 6.16. The summed E-state index contributed by atoms with van der Waals surface area (Å²) in [7, 11) is -1.74. The van der Waals surface area contributed by atoms with Crippen LogP contribution < -0.4 is 0 Å². The fraction of sp³-hybridized carbons (Fsp3) is 0. The van der Waals surface area contributed by atoms with E-state index in [0.717, 1.165) is 0 Å². The van der Waals surface area contributed by atoms with Gasteiger partial charge in [0.1, 0.15) is 15.7 Å². The molecule has 0 saturated carbocycles. The van der Waals surface area contributed by atoms with Crippen molar-refractivity contribution in [2.24, 2.45) is 0 Å². The highest BCUT2D eigenvalue weighted by molar-refractivity contribution is 7.90. The zero-order valence-electron chi connectivity index (χ0n) is 6.47. The van der Waals surface area contributed by atoms with Crippen molar-refractivity contribution >= 4 is 16.5 Å².